The molecule has 11 rings (SSSR count). The van der Waals surface area contributed by atoms with Crippen molar-refractivity contribution in [3.63, 3.8) is 0 Å². The highest BCUT2D eigenvalue weighted by Gasteiger charge is 2.31. The standard InChI is InChI=1S/C51H39N5/c1-4-16-34(17-5-1)36-30-43(35-18-6-2-7-19-35)53-45(31-36)44-32-38(28-29-52-44)56-47-27-15-13-25-42(47)51-49(56)33-48-50(54-51)41-24-11-10-22-39(41)40-23-12-14-26-46(40)55(48)37-20-8-3-9-21-37/h1-8,10-14,16-20,22-26,28-33,45,53H,9,15,21,27H2. The highest BCUT2D eigenvalue weighted by Crippen LogP contribution is 2.51. The van der Waals surface area contributed by atoms with Crippen LogP contribution in [0.3, 0.4) is 0 Å². The van der Waals surface area contributed by atoms with Crippen molar-refractivity contribution < 1.29 is 0 Å². The summed E-state index contributed by atoms with van der Waals surface area (Å²) in [5.74, 6) is 0. The Morgan fingerprint density at radius 1 is 0.679 bits per heavy atom. The minimum atomic E-state index is -0.132. The van der Waals surface area contributed by atoms with Crippen LogP contribution in [-0.2, 0) is 6.42 Å². The summed E-state index contributed by atoms with van der Waals surface area (Å²) >= 11 is 0. The van der Waals surface area contributed by atoms with Gasteiger partial charge in [-0.3, -0.25) is 4.98 Å². The van der Waals surface area contributed by atoms with E-state index in [1.807, 2.05) is 6.20 Å². The monoisotopic (exact) mass is 721 g/mol. The molecule has 0 spiro atoms. The highest BCUT2D eigenvalue weighted by atomic mass is 15.2. The van der Waals surface area contributed by atoms with Crippen molar-refractivity contribution in [1.82, 2.24) is 19.9 Å². The number of allylic oxidation sites excluding steroid dienone is 7. The molecule has 1 atom stereocenters. The van der Waals surface area contributed by atoms with Gasteiger partial charge in [0, 0.05) is 45.7 Å². The molecule has 0 bridgehead atoms. The van der Waals surface area contributed by atoms with Gasteiger partial charge in [0.05, 0.1) is 39.8 Å². The number of rotatable bonds is 5. The second-order valence-corrected chi connectivity index (χ2v) is 14.9. The van der Waals surface area contributed by atoms with Crippen molar-refractivity contribution in [3.05, 3.63) is 204 Å². The van der Waals surface area contributed by atoms with E-state index in [4.69, 9.17) is 9.97 Å². The number of hydrogen-bond acceptors (Lipinski definition) is 4. The zero-order valence-corrected chi connectivity index (χ0v) is 30.9. The van der Waals surface area contributed by atoms with Crippen molar-refractivity contribution in [2.45, 2.75) is 31.7 Å². The van der Waals surface area contributed by atoms with Gasteiger partial charge in [0.15, 0.2) is 0 Å². The van der Waals surface area contributed by atoms with Gasteiger partial charge in [-0.2, -0.15) is 0 Å². The summed E-state index contributed by atoms with van der Waals surface area (Å²) in [5, 5.41) is 3.84. The molecule has 2 aliphatic heterocycles. The Morgan fingerprint density at radius 3 is 2.25 bits per heavy atom. The number of anilines is 2. The first-order chi connectivity index (χ1) is 27.8. The van der Waals surface area contributed by atoms with Crippen LogP contribution in [0.2, 0.25) is 0 Å². The second kappa shape index (κ2) is 13.4. The molecule has 4 aliphatic rings. The first-order valence-electron chi connectivity index (χ1n) is 19.7. The van der Waals surface area contributed by atoms with E-state index in [9.17, 15) is 0 Å². The molecule has 2 aliphatic carbocycles. The predicted octanol–water partition coefficient (Wildman–Crippen LogP) is 12.2. The van der Waals surface area contributed by atoms with Gasteiger partial charge < -0.3 is 14.8 Å². The Balaban J connectivity index is 1.11. The van der Waals surface area contributed by atoms with Crippen LogP contribution in [0, 0.1) is 0 Å². The average Bonchev–Trinajstić information content (AvgIpc) is 3.54. The van der Waals surface area contributed by atoms with Crippen LogP contribution < -0.4 is 10.2 Å². The lowest BCUT2D eigenvalue weighted by molar-refractivity contribution is 0.737. The average molecular weight is 722 g/mol. The lowest BCUT2D eigenvalue weighted by Gasteiger charge is -2.30. The van der Waals surface area contributed by atoms with E-state index in [-0.39, 0.29) is 6.04 Å². The number of hydrogen-bond donors (Lipinski definition) is 1. The summed E-state index contributed by atoms with van der Waals surface area (Å²) in [6, 6.07) is 45.5. The molecule has 0 radical (unpaired) electrons. The first-order valence-corrected chi connectivity index (χ1v) is 19.7. The van der Waals surface area contributed by atoms with Crippen molar-refractivity contribution >= 4 is 39.8 Å². The summed E-state index contributed by atoms with van der Waals surface area (Å²) in [6.45, 7) is 0. The SMILES string of the molecule is C1=CCCC(N2c3ccccc3-c3ccccc3-c3nc4c5c(n(-c6ccnc(C7C=C(c8ccccc8)C=C(c8ccccc8)N7)c6)c4cc32)CCC=C5)=C1. The summed E-state index contributed by atoms with van der Waals surface area (Å²) in [4.78, 5) is 13.2. The van der Waals surface area contributed by atoms with Crippen LogP contribution in [-0.4, -0.2) is 14.5 Å². The Kier molecular flexibility index (Phi) is 7.76. The number of fused-ring (bicyclic) bond motifs is 8. The molecule has 1 N–H and O–H groups in total. The summed E-state index contributed by atoms with van der Waals surface area (Å²) in [6.07, 6.45) is 21.7. The van der Waals surface area contributed by atoms with Crippen LogP contribution in [0.15, 0.2) is 176 Å². The molecule has 7 aromatic rings. The predicted molar refractivity (Wildman–Crippen MR) is 230 cm³/mol. The lowest BCUT2D eigenvalue weighted by atomic mass is 9.95. The fourth-order valence-electron chi connectivity index (χ4n) is 8.94. The van der Waals surface area contributed by atoms with E-state index in [0.29, 0.717) is 0 Å². The third kappa shape index (κ3) is 5.38. The zero-order valence-electron chi connectivity index (χ0n) is 30.9. The van der Waals surface area contributed by atoms with E-state index in [1.54, 1.807) is 0 Å². The minimum absolute atomic E-state index is 0.132. The Hall–Kier alpha value is -6.98. The van der Waals surface area contributed by atoms with Crippen LogP contribution >= 0.6 is 0 Å². The van der Waals surface area contributed by atoms with Gasteiger partial charge in [0.1, 0.15) is 0 Å². The van der Waals surface area contributed by atoms with Gasteiger partial charge >= 0.3 is 0 Å². The molecule has 3 aromatic heterocycles. The maximum absolute atomic E-state index is 5.70. The summed E-state index contributed by atoms with van der Waals surface area (Å²) in [7, 11) is 0. The van der Waals surface area contributed by atoms with Gasteiger partial charge in [-0.1, -0.05) is 127 Å². The number of nitrogens with zero attached hydrogens (tertiary/aromatic N) is 4. The van der Waals surface area contributed by atoms with Crippen LogP contribution in [0.4, 0.5) is 11.4 Å². The number of pyridine rings is 2. The van der Waals surface area contributed by atoms with Gasteiger partial charge in [-0.25, -0.2) is 4.98 Å². The fraction of sp³-hybridized carbons (Fsp3) is 0.0980. The fourth-order valence-corrected chi connectivity index (χ4v) is 8.94. The Morgan fingerprint density at radius 2 is 1.43 bits per heavy atom. The quantitative estimate of drug-likeness (QED) is 0.192. The molecule has 1 unspecified atom stereocenters. The molecular weight excluding hydrogens is 683 g/mol. The third-order valence-corrected chi connectivity index (χ3v) is 11.5. The molecule has 5 nitrogen and oxygen atoms in total. The number of nitrogens with one attached hydrogen (secondary N) is 1. The Labute approximate surface area is 327 Å². The number of aromatic nitrogens is 3. The van der Waals surface area contributed by atoms with E-state index >= 15 is 0 Å². The van der Waals surface area contributed by atoms with Gasteiger partial charge in [0.25, 0.3) is 0 Å². The Bertz CT molecular complexity index is 2840. The van der Waals surface area contributed by atoms with Gasteiger partial charge in [0.2, 0.25) is 0 Å². The van der Waals surface area contributed by atoms with Crippen LogP contribution in [0.25, 0.3) is 56.5 Å². The van der Waals surface area contributed by atoms with Crippen molar-refractivity contribution in [2.75, 3.05) is 4.90 Å². The molecule has 0 fully saturated rings. The van der Waals surface area contributed by atoms with Gasteiger partial charge in [-0.05, 0) is 90.4 Å². The normalized spacial score (nSPS) is 16.8. The number of para-hydroxylation sites is 1. The molecular formula is C51H39N5. The van der Waals surface area contributed by atoms with Gasteiger partial charge in [-0.15, -0.1) is 0 Å². The smallest absolute Gasteiger partial charge is 0.0969 e. The van der Waals surface area contributed by atoms with E-state index < -0.39 is 0 Å². The second-order valence-electron chi connectivity index (χ2n) is 14.9. The maximum atomic E-state index is 5.70. The minimum Gasteiger partial charge on any atom is -0.373 e. The summed E-state index contributed by atoms with van der Waals surface area (Å²) < 4.78 is 2.46. The van der Waals surface area contributed by atoms with E-state index in [1.165, 1.54) is 44.9 Å². The molecule has 4 aromatic carbocycles. The molecule has 5 heterocycles. The number of benzene rings is 4. The van der Waals surface area contributed by atoms with Crippen molar-refractivity contribution in [3.8, 4) is 28.1 Å². The molecule has 56 heavy (non-hydrogen) atoms. The zero-order chi connectivity index (χ0) is 37.0. The molecule has 0 amide bonds. The molecule has 0 saturated carbocycles. The number of dihydropyridines is 1. The summed E-state index contributed by atoms with van der Waals surface area (Å²) in [5.41, 5.74) is 19.4. The van der Waals surface area contributed by atoms with Crippen molar-refractivity contribution in [2.24, 2.45) is 0 Å². The van der Waals surface area contributed by atoms with Crippen LogP contribution in [0.5, 0.6) is 0 Å². The highest BCUT2D eigenvalue weighted by molar-refractivity contribution is 6.04. The first kappa shape index (κ1) is 32.5. The topological polar surface area (TPSA) is 46.0 Å². The molecule has 5 heteroatoms. The van der Waals surface area contributed by atoms with E-state index in [0.717, 1.165) is 76.3 Å². The lowest BCUT2D eigenvalue weighted by Crippen LogP contribution is -2.23. The third-order valence-electron chi connectivity index (χ3n) is 11.5. The van der Waals surface area contributed by atoms with E-state index in [2.05, 4.69) is 185 Å². The van der Waals surface area contributed by atoms with Crippen molar-refractivity contribution in [1.29, 1.82) is 0 Å². The molecule has 0 saturated heterocycles. The van der Waals surface area contributed by atoms with Crippen LogP contribution in [0.1, 0.15) is 53.4 Å². The molecule has 268 valence electrons. The largest absolute Gasteiger partial charge is 0.373 e. The maximum Gasteiger partial charge on any atom is 0.0969 e.